The van der Waals surface area contributed by atoms with Gasteiger partial charge in [-0.15, -0.1) is 0 Å². The van der Waals surface area contributed by atoms with Gasteiger partial charge in [0.25, 0.3) is 0 Å². The lowest BCUT2D eigenvalue weighted by Crippen LogP contribution is -1.93. The molecule has 0 amide bonds. The molecule has 0 bridgehead atoms. The van der Waals surface area contributed by atoms with Crippen LogP contribution in [0.5, 0.6) is 5.75 Å². The molecule has 0 heterocycles. The van der Waals surface area contributed by atoms with Crippen molar-refractivity contribution in [1.82, 2.24) is 0 Å². The third-order valence-corrected chi connectivity index (χ3v) is 4.56. The molecule has 0 saturated heterocycles. The summed E-state index contributed by atoms with van der Waals surface area (Å²) in [6, 6.07) is 20.7. The van der Waals surface area contributed by atoms with Crippen molar-refractivity contribution in [3.8, 4) is 5.75 Å². The molecule has 0 fully saturated rings. The van der Waals surface area contributed by atoms with Crippen molar-refractivity contribution >= 4 is 11.6 Å². The minimum Gasteiger partial charge on any atom is -0.508 e. The monoisotopic (exact) mass is 316 g/mol. The van der Waals surface area contributed by atoms with E-state index in [1.807, 2.05) is 30.3 Å². The van der Waals surface area contributed by atoms with E-state index < -0.39 is 0 Å². The maximum Gasteiger partial charge on any atom is 0.130 e. The first-order valence-electron chi connectivity index (χ1n) is 8.09. The summed E-state index contributed by atoms with van der Waals surface area (Å²) < 4.78 is 14.2. The molecule has 2 heteroatoms. The Labute approximate surface area is 140 Å². The number of aryl methyl sites for hydroxylation is 2. The fourth-order valence-electron chi connectivity index (χ4n) is 3.37. The molecule has 118 valence electrons. The standard InChI is InChI=1S/C22H17FO/c23-22-12-11-18(24)13-17(22)14-21-19-7-3-1-5-15(19)9-10-16-6-2-4-8-20(16)21/h1-8,11-14,24H,9-10H2. The average molecular weight is 316 g/mol. The summed E-state index contributed by atoms with van der Waals surface area (Å²) >= 11 is 0. The van der Waals surface area contributed by atoms with Gasteiger partial charge >= 0.3 is 0 Å². The van der Waals surface area contributed by atoms with Crippen LogP contribution in [-0.2, 0) is 12.8 Å². The molecule has 24 heavy (non-hydrogen) atoms. The normalized spacial score (nSPS) is 13.0. The maximum atomic E-state index is 14.2. The largest absolute Gasteiger partial charge is 0.508 e. The van der Waals surface area contributed by atoms with Gasteiger partial charge in [0.15, 0.2) is 0 Å². The third kappa shape index (κ3) is 2.61. The lowest BCUT2D eigenvalue weighted by atomic mass is 9.92. The van der Waals surface area contributed by atoms with Gasteiger partial charge in [0.05, 0.1) is 0 Å². The van der Waals surface area contributed by atoms with Crippen LogP contribution < -0.4 is 0 Å². The van der Waals surface area contributed by atoms with Gasteiger partial charge in [-0.1, -0.05) is 48.5 Å². The van der Waals surface area contributed by atoms with Gasteiger partial charge in [-0.25, -0.2) is 4.39 Å². The number of phenols is 1. The number of aromatic hydroxyl groups is 1. The van der Waals surface area contributed by atoms with Gasteiger partial charge in [-0.3, -0.25) is 0 Å². The molecule has 1 aliphatic carbocycles. The Hall–Kier alpha value is -2.87. The van der Waals surface area contributed by atoms with Gasteiger partial charge in [-0.2, -0.15) is 0 Å². The van der Waals surface area contributed by atoms with E-state index in [4.69, 9.17) is 0 Å². The molecule has 0 radical (unpaired) electrons. The van der Waals surface area contributed by atoms with Crippen molar-refractivity contribution < 1.29 is 9.50 Å². The van der Waals surface area contributed by atoms with Crippen LogP contribution in [0.2, 0.25) is 0 Å². The summed E-state index contributed by atoms with van der Waals surface area (Å²) in [5.74, 6) is -0.266. The Bertz CT molecular complexity index is 891. The zero-order chi connectivity index (χ0) is 16.5. The summed E-state index contributed by atoms with van der Waals surface area (Å²) in [6.45, 7) is 0. The zero-order valence-corrected chi connectivity index (χ0v) is 13.2. The van der Waals surface area contributed by atoms with Gasteiger partial charge in [0.2, 0.25) is 0 Å². The van der Waals surface area contributed by atoms with Crippen LogP contribution in [-0.4, -0.2) is 5.11 Å². The van der Waals surface area contributed by atoms with Crippen LogP contribution >= 0.6 is 0 Å². The van der Waals surface area contributed by atoms with Gasteiger partial charge in [0, 0.05) is 5.56 Å². The topological polar surface area (TPSA) is 20.2 Å². The summed E-state index contributed by atoms with van der Waals surface area (Å²) in [7, 11) is 0. The second kappa shape index (κ2) is 5.97. The van der Waals surface area contributed by atoms with E-state index in [2.05, 4.69) is 24.3 Å². The second-order valence-electron chi connectivity index (χ2n) is 6.08. The van der Waals surface area contributed by atoms with Crippen molar-refractivity contribution in [1.29, 1.82) is 0 Å². The minimum absolute atomic E-state index is 0.0680. The molecule has 0 aromatic heterocycles. The Morgan fingerprint density at radius 3 is 2.00 bits per heavy atom. The first kappa shape index (κ1) is 14.7. The quantitative estimate of drug-likeness (QED) is 0.652. The fourth-order valence-corrected chi connectivity index (χ4v) is 3.37. The molecule has 3 aromatic rings. The highest BCUT2D eigenvalue weighted by Crippen LogP contribution is 2.35. The molecular formula is C22H17FO. The van der Waals surface area contributed by atoms with E-state index in [-0.39, 0.29) is 11.6 Å². The molecule has 1 nitrogen and oxygen atoms in total. The van der Waals surface area contributed by atoms with Crippen LogP contribution in [0.15, 0.2) is 66.7 Å². The summed E-state index contributed by atoms with van der Waals surface area (Å²) in [5, 5.41) is 9.72. The third-order valence-electron chi connectivity index (χ3n) is 4.56. The minimum atomic E-state index is -0.334. The smallest absolute Gasteiger partial charge is 0.130 e. The number of fused-ring (bicyclic) bond motifs is 2. The summed E-state index contributed by atoms with van der Waals surface area (Å²) in [6.07, 6.45) is 3.78. The predicted octanol–water partition coefficient (Wildman–Crippen LogP) is 5.22. The van der Waals surface area contributed by atoms with Crippen LogP contribution in [0.25, 0.3) is 11.6 Å². The van der Waals surface area contributed by atoms with Gasteiger partial charge < -0.3 is 5.11 Å². The molecule has 0 atom stereocenters. The Morgan fingerprint density at radius 1 is 0.792 bits per heavy atom. The van der Waals surface area contributed by atoms with Crippen molar-refractivity contribution in [3.05, 3.63) is 100 Å². The van der Waals surface area contributed by atoms with E-state index in [0.29, 0.717) is 5.56 Å². The molecule has 1 aliphatic rings. The molecule has 0 aliphatic heterocycles. The first-order chi connectivity index (χ1) is 11.7. The Morgan fingerprint density at radius 2 is 1.38 bits per heavy atom. The SMILES string of the molecule is Oc1ccc(F)c(C=C2c3ccccc3CCc3ccccc32)c1. The van der Waals surface area contributed by atoms with E-state index in [0.717, 1.165) is 29.5 Å². The number of hydrogen-bond acceptors (Lipinski definition) is 1. The van der Waals surface area contributed by atoms with Gasteiger partial charge in [-0.05, 0) is 64.9 Å². The van der Waals surface area contributed by atoms with Crippen LogP contribution in [0.3, 0.4) is 0 Å². The second-order valence-corrected chi connectivity index (χ2v) is 6.08. The molecule has 3 aromatic carbocycles. The maximum absolute atomic E-state index is 14.2. The molecule has 0 unspecified atom stereocenters. The molecule has 0 spiro atoms. The zero-order valence-electron chi connectivity index (χ0n) is 13.2. The Kier molecular flexibility index (Phi) is 3.66. The van der Waals surface area contributed by atoms with Gasteiger partial charge in [0.1, 0.15) is 11.6 Å². The number of phenolic OH excluding ortho intramolecular Hbond substituents is 1. The van der Waals surface area contributed by atoms with E-state index in [1.165, 1.54) is 29.3 Å². The number of benzene rings is 3. The lowest BCUT2D eigenvalue weighted by molar-refractivity contribution is 0.473. The highest BCUT2D eigenvalue weighted by Gasteiger charge is 2.18. The summed E-state index contributed by atoms with van der Waals surface area (Å²) in [5.41, 5.74) is 6.19. The van der Waals surface area contributed by atoms with Crippen LogP contribution in [0.1, 0.15) is 27.8 Å². The van der Waals surface area contributed by atoms with E-state index >= 15 is 0 Å². The highest BCUT2D eigenvalue weighted by atomic mass is 19.1. The average Bonchev–Trinajstić information content (AvgIpc) is 2.76. The first-order valence-corrected chi connectivity index (χ1v) is 8.09. The molecule has 0 saturated carbocycles. The molecular weight excluding hydrogens is 299 g/mol. The highest BCUT2D eigenvalue weighted by molar-refractivity contribution is 5.94. The van der Waals surface area contributed by atoms with E-state index in [1.54, 1.807) is 0 Å². The van der Waals surface area contributed by atoms with Crippen LogP contribution in [0, 0.1) is 5.82 Å². The van der Waals surface area contributed by atoms with E-state index in [9.17, 15) is 9.50 Å². The lowest BCUT2D eigenvalue weighted by Gasteiger charge is -2.12. The molecule has 4 rings (SSSR count). The fraction of sp³-hybridized carbons (Fsp3) is 0.0909. The van der Waals surface area contributed by atoms with Crippen molar-refractivity contribution in [2.45, 2.75) is 12.8 Å². The predicted molar refractivity (Wildman–Crippen MR) is 95.3 cm³/mol. The van der Waals surface area contributed by atoms with Crippen molar-refractivity contribution in [2.75, 3.05) is 0 Å². The van der Waals surface area contributed by atoms with Crippen molar-refractivity contribution in [2.24, 2.45) is 0 Å². The molecule has 1 N–H and O–H groups in total. The van der Waals surface area contributed by atoms with Crippen LogP contribution in [0.4, 0.5) is 4.39 Å². The number of hydrogen-bond donors (Lipinski definition) is 1. The number of halogens is 1. The van der Waals surface area contributed by atoms with Crippen molar-refractivity contribution in [3.63, 3.8) is 0 Å². The number of rotatable bonds is 1. The summed E-state index contributed by atoms with van der Waals surface area (Å²) in [4.78, 5) is 0. The Balaban J connectivity index is 1.99.